The van der Waals surface area contributed by atoms with Crippen molar-refractivity contribution in [1.82, 2.24) is 5.32 Å². The molecular formula is C15H17N. The minimum Gasteiger partial charge on any atom is -0.381 e. The van der Waals surface area contributed by atoms with Gasteiger partial charge in [0.05, 0.1) is 0 Å². The van der Waals surface area contributed by atoms with Crippen LogP contribution in [0.3, 0.4) is 0 Å². The van der Waals surface area contributed by atoms with Crippen LogP contribution in [-0.2, 0) is 6.54 Å². The minimum atomic E-state index is 0.886. The van der Waals surface area contributed by atoms with Gasteiger partial charge in [-0.05, 0) is 30.5 Å². The van der Waals surface area contributed by atoms with Crippen molar-refractivity contribution in [3.05, 3.63) is 64.9 Å². The van der Waals surface area contributed by atoms with E-state index < -0.39 is 0 Å². The van der Waals surface area contributed by atoms with Crippen LogP contribution in [0.25, 0.3) is 6.08 Å². The molecule has 1 N–H and O–H groups in total. The van der Waals surface area contributed by atoms with Crippen LogP contribution in [0, 0.1) is 0 Å². The van der Waals surface area contributed by atoms with E-state index in [9.17, 15) is 0 Å². The van der Waals surface area contributed by atoms with Crippen LogP contribution in [0.1, 0.15) is 25.0 Å². The Morgan fingerprint density at radius 2 is 1.88 bits per heavy atom. The third-order valence-corrected chi connectivity index (χ3v) is 2.88. The molecular weight excluding hydrogens is 194 g/mol. The van der Waals surface area contributed by atoms with Crippen molar-refractivity contribution in [3.63, 3.8) is 0 Å². The molecule has 1 aromatic carbocycles. The topological polar surface area (TPSA) is 12.0 Å². The number of hydrogen-bond donors (Lipinski definition) is 1. The SMILES string of the molecule is C/C=C1/C=C\c2ccccc2CN/C1=C/C. The van der Waals surface area contributed by atoms with Crippen molar-refractivity contribution >= 4 is 6.08 Å². The quantitative estimate of drug-likeness (QED) is 0.690. The normalized spacial score (nSPS) is 22.1. The maximum Gasteiger partial charge on any atom is 0.0406 e. The Labute approximate surface area is 97.2 Å². The Balaban J connectivity index is 2.44. The molecule has 0 aromatic heterocycles. The van der Waals surface area contributed by atoms with E-state index in [-0.39, 0.29) is 0 Å². The summed E-state index contributed by atoms with van der Waals surface area (Å²) in [5, 5.41) is 3.47. The van der Waals surface area contributed by atoms with Gasteiger partial charge in [0.15, 0.2) is 0 Å². The molecule has 1 aromatic rings. The Bertz CT molecular complexity index is 464. The van der Waals surface area contributed by atoms with Gasteiger partial charge in [0.25, 0.3) is 0 Å². The molecule has 0 saturated carbocycles. The molecule has 0 fully saturated rings. The fraction of sp³-hybridized carbons (Fsp3) is 0.200. The maximum atomic E-state index is 3.47. The van der Waals surface area contributed by atoms with Crippen LogP contribution in [0.2, 0.25) is 0 Å². The lowest BCUT2D eigenvalue weighted by Gasteiger charge is -2.16. The summed E-state index contributed by atoms with van der Waals surface area (Å²) in [6, 6.07) is 8.49. The predicted molar refractivity (Wildman–Crippen MR) is 69.8 cm³/mol. The number of allylic oxidation sites excluding steroid dienone is 3. The first-order valence-electron chi connectivity index (χ1n) is 5.68. The molecule has 1 heterocycles. The van der Waals surface area contributed by atoms with E-state index in [1.165, 1.54) is 22.4 Å². The second-order valence-electron chi connectivity index (χ2n) is 3.83. The van der Waals surface area contributed by atoms with Gasteiger partial charge in [-0.15, -0.1) is 0 Å². The summed E-state index contributed by atoms with van der Waals surface area (Å²) >= 11 is 0. The van der Waals surface area contributed by atoms with E-state index in [0.717, 1.165) is 6.54 Å². The van der Waals surface area contributed by atoms with Crippen LogP contribution < -0.4 is 5.32 Å². The van der Waals surface area contributed by atoms with Crippen molar-refractivity contribution in [3.8, 4) is 0 Å². The summed E-state index contributed by atoms with van der Waals surface area (Å²) < 4.78 is 0. The maximum absolute atomic E-state index is 3.47. The third kappa shape index (κ3) is 2.08. The summed E-state index contributed by atoms with van der Waals surface area (Å²) in [5.74, 6) is 0. The molecule has 1 aliphatic heterocycles. The highest BCUT2D eigenvalue weighted by Crippen LogP contribution is 2.18. The van der Waals surface area contributed by atoms with E-state index in [2.05, 4.69) is 67.7 Å². The zero-order valence-corrected chi connectivity index (χ0v) is 9.83. The molecule has 1 aliphatic rings. The Morgan fingerprint density at radius 3 is 2.62 bits per heavy atom. The highest BCUT2D eigenvalue weighted by atomic mass is 14.9. The number of benzene rings is 1. The van der Waals surface area contributed by atoms with Crippen molar-refractivity contribution in [2.24, 2.45) is 0 Å². The molecule has 2 rings (SSSR count). The zero-order chi connectivity index (χ0) is 11.4. The largest absolute Gasteiger partial charge is 0.381 e. The molecule has 0 amide bonds. The first-order chi connectivity index (χ1) is 7.85. The average Bonchev–Trinajstić information content (AvgIpc) is 2.31. The molecule has 1 nitrogen and oxygen atoms in total. The van der Waals surface area contributed by atoms with Crippen LogP contribution >= 0.6 is 0 Å². The van der Waals surface area contributed by atoms with Crippen LogP contribution in [0.4, 0.5) is 0 Å². The molecule has 0 saturated heterocycles. The number of nitrogens with one attached hydrogen (secondary N) is 1. The molecule has 0 bridgehead atoms. The summed E-state index contributed by atoms with van der Waals surface area (Å²) in [6.45, 7) is 5.02. The molecule has 0 unspecified atom stereocenters. The molecule has 16 heavy (non-hydrogen) atoms. The fourth-order valence-corrected chi connectivity index (χ4v) is 1.94. The van der Waals surface area contributed by atoms with Gasteiger partial charge in [-0.25, -0.2) is 0 Å². The second kappa shape index (κ2) is 4.84. The van der Waals surface area contributed by atoms with Crippen molar-refractivity contribution in [2.45, 2.75) is 20.4 Å². The average molecular weight is 211 g/mol. The van der Waals surface area contributed by atoms with E-state index in [1.54, 1.807) is 0 Å². The van der Waals surface area contributed by atoms with E-state index in [0.29, 0.717) is 0 Å². The highest BCUT2D eigenvalue weighted by Gasteiger charge is 2.06. The first kappa shape index (κ1) is 10.7. The molecule has 1 heteroatoms. The monoisotopic (exact) mass is 211 g/mol. The van der Waals surface area contributed by atoms with Crippen LogP contribution in [-0.4, -0.2) is 0 Å². The van der Waals surface area contributed by atoms with Gasteiger partial charge in [0.2, 0.25) is 0 Å². The molecule has 0 atom stereocenters. The van der Waals surface area contributed by atoms with Gasteiger partial charge in [-0.2, -0.15) is 0 Å². The highest BCUT2D eigenvalue weighted by molar-refractivity contribution is 5.60. The van der Waals surface area contributed by atoms with Gasteiger partial charge in [-0.3, -0.25) is 0 Å². The summed E-state index contributed by atoms with van der Waals surface area (Å²) in [4.78, 5) is 0. The molecule has 0 radical (unpaired) electrons. The standard InChI is InChI=1S/C15H17N/c1-3-12-9-10-13-7-5-6-8-14(13)11-16-15(12)4-2/h3-10,16H,11H2,1-2H3/b10-9-,12-3-,15-4+. The Hall–Kier alpha value is -1.76. The number of fused-ring (bicyclic) bond motifs is 1. The van der Waals surface area contributed by atoms with Gasteiger partial charge >= 0.3 is 0 Å². The molecule has 82 valence electrons. The first-order valence-corrected chi connectivity index (χ1v) is 5.68. The fourth-order valence-electron chi connectivity index (χ4n) is 1.94. The van der Waals surface area contributed by atoms with Gasteiger partial charge in [0, 0.05) is 12.2 Å². The predicted octanol–water partition coefficient (Wildman–Crippen LogP) is 3.65. The lowest BCUT2D eigenvalue weighted by Crippen LogP contribution is -2.16. The summed E-state index contributed by atoms with van der Waals surface area (Å²) in [6.07, 6.45) is 8.61. The zero-order valence-electron chi connectivity index (χ0n) is 9.83. The Kier molecular flexibility index (Phi) is 3.25. The molecule has 0 aliphatic carbocycles. The van der Waals surface area contributed by atoms with Crippen molar-refractivity contribution in [1.29, 1.82) is 0 Å². The Morgan fingerprint density at radius 1 is 1.06 bits per heavy atom. The van der Waals surface area contributed by atoms with Crippen LogP contribution in [0.15, 0.2) is 53.8 Å². The second-order valence-corrected chi connectivity index (χ2v) is 3.83. The number of rotatable bonds is 0. The lowest BCUT2D eigenvalue weighted by atomic mass is 10.0. The smallest absolute Gasteiger partial charge is 0.0406 e. The van der Waals surface area contributed by atoms with Crippen molar-refractivity contribution in [2.75, 3.05) is 0 Å². The van der Waals surface area contributed by atoms with E-state index >= 15 is 0 Å². The van der Waals surface area contributed by atoms with E-state index in [4.69, 9.17) is 0 Å². The third-order valence-electron chi connectivity index (χ3n) is 2.88. The summed E-state index contributed by atoms with van der Waals surface area (Å²) in [7, 11) is 0. The van der Waals surface area contributed by atoms with Gasteiger partial charge in [0.1, 0.15) is 0 Å². The van der Waals surface area contributed by atoms with Crippen LogP contribution in [0.5, 0.6) is 0 Å². The molecule has 0 spiro atoms. The van der Waals surface area contributed by atoms with E-state index in [1.807, 2.05) is 0 Å². The summed E-state index contributed by atoms with van der Waals surface area (Å²) in [5.41, 5.74) is 5.09. The lowest BCUT2D eigenvalue weighted by molar-refractivity contribution is 0.818. The minimum absolute atomic E-state index is 0.886. The van der Waals surface area contributed by atoms with Gasteiger partial charge < -0.3 is 5.32 Å². The van der Waals surface area contributed by atoms with Gasteiger partial charge in [-0.1, -0.05) is 48.6 Å². The number of hydrogen-bond acceptors (Lipinski definition) is 1. The van der Waals surface area contributed by atoms with Crippen molar-refractivity contribution < 1.29 is 0 Å².